The molecule has 0 aliphatic carbocycles. The van der Waals surface area contributed by atoms with Gasteiger partial charge in [0, 0.05) is 38.3 Å². The van der Waals surface area contributed by atoms with Crippen molar-refractivity contribution in [1.29, 1.82) is 0 Å². The fraction of sp³-hybridized carbons (Fsp3) is 0.462. The first-order valence-corrected chi connectivity index (χ1v) is 6.02. The molecule has 1 aliphatic heterocycles. The van der Waals surface area contributed by atoms with Gasteiger partial charge in [0.2, 0.25) is 5.91 Å². The van der Waals surface area contributed by atoms with Crippen molar-refractivity contribution >= 4 is 11.6 Å². The second-order valence-corrected chi connectivity index (χ2v) is 4.42. The lowest BCUT2D eigenvalue weighted by Crippen LogP contribution is -2.29. The third-order valence-electron chi connectivity index (χ3n) is 3.11. The number of rotatable bonds is 2. The average Bonchev–Trinajstić information content (AvgIpc) is 2.54. The lowest BCUT2D eigenvalue weighted by molar-refractivity contribution is -0.120. The predicted octanol–water partition coefficient (Wildman–Crippen LogP) is 0.780. The van der Waals surface area contributed by atoms with E-state index in [9.17, 15) is 4.79 Å². The summed E-state index contributed by atoms with van der Waals surface area (Å²) in [5, 5.41) is 2.88. The summed E-state index contributed by atoms with van der Waals surface area (Å²) in [6, 6.07) is 6.30. The maximum absolute atomic E-state index is 11.3. The van der Waals surface area contributed by atoms with Crippen LogP contribution >= 0.6 is 0 Å². The van der Waals surface area contributed by atoms with Crippen LogP contribution in [-0.2, 0) is 11.3 Å². The second kappa shape index (κ2) is 5.19. The minimum absolute atomic E-state index is 0.134. The third-order valence-corrected chi connectivity index (χ3v) is 3.11. The van der Waals surface area contributed by atoms with Crippen LogP contribution in [-0.4, -0.2) is 25.5 Å². The maximum atomic E-state index is 11.3. The van der Waals surface area contributed by atoms with Gasteiger partial charge >= 0.3 is 0 Å². The normalized spacial score (nSPS) is 16.6. The fourth-order valence-electron chi connectivity index (χ4n) is 2.15. The zero-order valence-electron chi connectivity index (χ0n) is 10.2. The van der Waals surface area contributed by atoms with Crippen LogP contribution in [0.1, 0.15) is 17.5 Å². The van der Waals surface area contributed by atoms with Crippen LogP contribution in [0.5, 0.6) is 0 Å². The van der Waals surface area contributed by atoms with Crippen molar-refractivity contribution < 1.29 is 4.79 Å². The van der Waals surface area contributed by atoms with Gasteiger partial charge in [0.05, 0.1) is 0 Å². The lowest BCUT2D eigenvalue weighted by atomic mass is 10.1. The zero-order chi connectivity index (χ0) is 12.3. The quantitative estimate of drug-likeness (QED) is 0.793. The molecule has 1 aliphatic rings. The molecule has 0 atom stereocenters. The zero-order valence-corrected chi connectivity index (χ0v) is 10.2. The van der Waals surface area contributed by atoms with Crippen LogP contribution in [0.2, 0.25) is 0 Å². The number of benzene rings is 1. The van der Waals surface area contributed by atoms with Crippen LogP contribution in [0.15, 0.2) is 18.2 Å². The van der Waals surface area contributed by atoms with Crippen molar-refractivity contribution in [3.8, 4) is 0 Å². The van der Waals surface area contributed by atoms with Gasteiger partial charge in [-0.3, -0.25) is 4.79 Å². The Labute approximate surface area is 102 Å². The Bertz CT molecular complexity index is 417. The maximum Gasteiger partial charge on any atom is 0.221 e. The van der Waals surface area contributed by atoms with Crippen LogP contribution in [0.3, 0.4) is 0 Å². The number of carbonyl (C=O) groups is 1. The molecule has 0 saturated carbocycles. The molecule has 17 heavy (non-hydrogen) atoms. The first-order valence-electron chi connectivity index (χ1n) is 6.02. The van der Waals surface area contributed by atoms with E-state index in [4.69, 9.17) is 5.73 Å². The third kappa shape index (κ3) is 2.77. The first-order chi connectivity index (χ1) is 8.20. The van der Waals surface area contributed by atoms with Crippen LogP contribution < -0.4 is 16.0 Å². The smallest absolute Gasteiger partial charge is 0.221 e. The number of nitrogens with one attached hydrogen (secondary N) is 1. The van der Waals surface area contributed by atoms with E-state index in [1.54, 1.807) is 0 Å². The van der Waals surface area contributed by atoms with E-state index in [0.717, 1.165) is 18.7 Å². The summed E-state index contributed by atoms with van der Waals surface area (Å²) in [6.45, 7) is 4.93. The molecule has 0 bridgehead atoms. The van der Waals surface area contributed by atoms with E-state index in [0.29, 0.717) is 19.5 Å². The molecule has 3 N–H and O–H groups in total. The van der Waals surface area contributed by atoms with Gasteiger partial charge < -0.3 is 16.0 Å². The highest BCUT2D eigenvalue weighted by Gasteiger charge is 2.15. The standard InChI is InChI=1S/C13H19N3O/c1-10-2-3-11(9-14)12(8-10)16-6-4-13(17)15-5-7-16/h2-3,8H,4-7,9,14H2,1H3,(H,15,17). The van der Waals surface area contributed by atoms with Gasteiger partial charge in [0.1, 0.15) is 0 Å². The van der Waals surface area contributed by atoms with Gasteiger partial charge in [0.15, 0.2) is 0 Å². The number of hydrogen-bond donors (Lipinski definition) is 2. The van der Waals surface area contributed by atoms with E-state index >= 15 is 0 Å². The molecule has 92 valence electrons. The molecule has 4 nitrogen and oxygen atoms in total. The topological polar surface area (TPSA) is 58.4 Å². The summed E-state index contributed by atoms with van der Waals surface area (Å²) in [6.07, 6.45) is 0.554. The highest BCUT2D eigenvalue weighted by Crippen LogP contribution is 2.22. The summed E-state index contributed by atoms with van der Waals surface area (Å²) >= 11 is 0. The minimum Gasteiger partial charge on any atom is -0.369 e. The number of anilines is 1. The highest BCUT2D eigenvalue weighted by molar-refractivity contribution is 5.77. The Morgan fingerprint density at radius 3 is 3.00 bits per heavy atom. The van der Waals surface area contributed by atoms with Gasteiger partial charge in [0.25, 0.3) is 0 Å². The van der Waals surface area contributed by atoms with E-state index < -0.39 is 0 Å². The van der Waals surface area contributed by atoms with Crippen molar-refractivity contribution in [2.45, 2.75) is 19.9 Å². The molecule has 1 aromatic rings. The van der Waals surface area contributed by atoms with E-state index in [2.05, 4.69) is 35.3 Å². The van der Waals surface area contributed by atoms with Gasteiger partial charge in [-0.2, -0.15) is 0 Å². The SMILES string of the molecule is Cc1ccc(CN)c(N2CCNC(=O)CC2)c1. The molecule has 0 aromatic heterocycles. The summed E-state index contributed by atoms with van der Waals surface area (Å²) in [7, 11) is 0. The number of carbonyl (C=O) groups excluding carboxylic acids is 1. The Hall–Kier alpha value is -1.55. The van der Waals surface area contributed by atoms with Crippen molar-refractivity contribution in [2.75, 3.05) is 24.5 Å². The number of amides is 1. The molecule has 1 heterocycles. The van der Waals surface area contributed by atoms with E-state index in [1.807, 2.05) is 0 Å². The number of aryl methyl sites for hydroxylation is 1. The lowest BCUT2D eigenvalue weighted by Gasteiger charge is -2.25. The van der Waals surface area contributed by atoms with Gasteiger partial charge in [-0.25, -0.2) is 0 Å². The molecule has 0 unspecified atom stereocenters. The molecule has 1 aromatic carbocycles. The monoisotopic (exact) mass is 233 g/mol. The average molecular weight is 233 g/mol. The number of hydrogen-bond acceptors (Lipinski definition) is 3. The predicted molar refractivity (Wildman–Crippen MR) is 68.9 cm³/mol. The number of nitrogens with zero attached hydrogens (tertiary/aromatic N) is 1. The van der Waals surface area contributed by atoms with Gasteiger partial charge in [-0.05, 0) is 24.1 Å². The van der Waals surface area contributed by atoms with Gasteiger partial charge in [-0.15, -0.1) is 0 Å². The second-order valence-electron chi connectivity index (χ2n) is 4.42. The summed E-state index contributed by atoms with van der Waals surface area (Å²) in [5.74, 6) is 0.134. The Morgan fingerprint density at radius 1 is 1.41 bits per heavy atom. The summed E-state index contributed by atoms with van der Waals surface area (Å²) < 4.78 is 0. The minimum atomic E-state index is 0.134. The molecule has 0 spiro atoms. The molecule has 1 saturated heterocycles. The highest BCUT2D eigenvalue weighted by atomic mass is 16.1. The van der Waals surface area contributed by atoms with E-state index in [1.165, 1.54) is 11.3 Å². The largest absolute Gasteiger partial charge is 0.369 e. The molecule has 2 rings (SSSR count). The van der Waals surface area contributed by atoms with Gasteiger partial charge in [-0.1, -0.05) is 12.1 Å². The van der Waals surface area contributed by atoms with Crippen molar-refractivity contribution in [3.63, 3.8) is 0 Å². The Morgan fingerprint density at radius 2 is 2.24 bits per heavy atom. The molecule has 1 amide bonds. The molecule has 4 heteroatoms. The molecule has 1 fully saturated rings. The fourth-order valence-corrected chi connectivity index (χ4v) is 2.15. The van der Waals surface area contributed by atoms with Crippen molar-refractivity contribution in [1.82, 2.24) is 5.32 Å². The molecule has 0 radical (unpaired) electrons. The van der Waals surface area contributed by atoms with E-state index in [-0.39, 0.29) is 5.91 Å². The Kier molecular flexibility index (Phi) is 3.64. The number of nitrogens with two attached hydrogens (primary N) is 1. The molecular weight excluding hydrogens is 214 g/mol. The van der Waals surface area contributed by atoms with Crippen molar-refractivity contribution in [3.05, 3.63) is 29.3 Å². The van der Waals surface area contributed by atoms with Crippen LogP contribution in [0.4, 0.5) is 5.69 Å². The summed E-state index contributed by atoms with van der Waals surface area (Å²) in [5.41, 5.74) is 9.30. The first kappa shape index (κ1) is 11.9. The molecular formula is C13H19N3O. The Balaban J connectivity index is 2.25. The van der Waals surface area contributed by atoms with Crippen LogP contribution in [0.25, 0.3) is 0 Å². The summed E-state index contributed by atoms with van der Waals surface area (Å²) in [4.78, 5) is 13.6. The van der Waals surface area contributed by atoms with Crippen molar-refractivity contribution in [2.24, 2.45) is 5.73 Å². The van der Waals surface area contributed by atoms with Crippen LogP contribution in [0, 0.1) is 6.92 Å².